The average Bonchev–Trinajstić information content (AvgIpc) is 2.98. The molecule has 0 atom stereocenters. The van der Waals surface area contributed by atoms with Gasteiger partial charge in [0.25, 0.3) is 0 Å². The number of nitrogen functional groups attached to an aromatic ring is 1. The average molecular weight is 271 g/mol. The molecule has 0 spiro atoms. The van der Waals surface area contributed by atoms with Crippen molar-refractivity contribution in [2.45, 2.75) is 6.42 Å². The lowest BCUT2D eigenvalue weighted by Gasteiger charge is -2.04. The van der Waals surface area contributed by atoms with Crippen LogP contribution >= 0.6 is 0 Å². The number of aromatic amines is 1. The molecule has 6 heteroatoms. The second kappa shape index (κ2) is 4.97. The number of ether oxygens (including phenoxy) is 1. The molecule has 6 nitrogen and oxygen atoms in total. The molecule has 0 radical (unpaired) electrons. The molecule has 0 amide bonds. The molecule has 0 unspecified atom stereocenters. The van der Waals surface area contributed by atoms with Crippen molar-refractivity contribution in [3.8, 4) is 11.4 Å². The minimum Gasteiger partial charge on any atom is -0.384 e. The number of nitrogens with zero attached hydrogens (tertiary/aromatic N) is 3. The molecule has 0 fully saturated rings. The fourth-order valence-electron chi connectivity index (χ4n) is 2.40. The molecule has 20 heavy (non-hydrogen) atoms. The molecule has 2 aromatic heterocycles. The quantitative estimate of drug-likeness (QED) is 0.757. The summed E-state index contributed by atoms with van der Waals surface area (Å²) in [5, 5.41) is 7.07. The molecular weight excluding hydrogens is 254 g/mol. The summed E-state index contributed by atoms with van der Waals surface area (Å²) >= 11 is 0. The number of methoxy groups -OCH3 is 1. The highest BCUT2D eigenvalue weighted by Crippen LogP contribution is 2.29. The number of imidazole rings is 1. The van der Waals surface area contributed by atoms with Crippen molar-refractivity contribution in [3.63, 3.8) is 0 Å². The van der Waals surface area contributed by atoms with E-state index in [1.54, 1.807) is 7.11 Å². The van der Waals surface area contributed by atoms with Gasteiger partial charge in [-0.15, -0.1) is 0 Å². The van der Waals surface area contributed by atoms with Crippen molar-refractivity contribution in [1.29, 1.82) is 0 Å². The molecule has 0 aliphatic rings. The second-order valence-electron chi connectivity index (χ2n) is 4.69. The molecule has 0 aliphatic carbocycles. The predicted molar refractivity (Wildman–Crippen MR) is 78.3 cm³/mol. The fourth-order valence-corrected chi connectivity index (χ4v) is 2.40. The number of nitrogens with two attached hydrogens (primary N) is 1. The molecule has 0 aliphatic heterocycles. The Kier molecular flexibility index (Phi) is 3.15. The number of H-pyrrole nitrogens is 1. The van der Waals surface area contributed by atoms with E-state index in [4.69, 9.17) is 10.5 Å². The van der Waals surface area contributed by atoms with Crippen molar-refractivity contribution in [2.75, 3.05) is 19.5 Å². The van der Waals surface area contributed by atoms with Crippen LogP contribution in [0.4, 0.5) is 5.82 Å². The summed E-state index contributed by atoms with van der Waals surface area (Å²) in [6.07, 6.45) is 0.721. The highest BCUT2D eigenvalue weighted by atomic mass is 16.5. The number of fused-ring (bicyclic) bond motifs is 1. The molecular formula is C14H17N5O. The molecule has 3 rings (SSSR count). The number of aromatic nitrogens is 4. The van der Waals surface area contributed by atoms with Gasteiger partial charge < -0.3 is 15.0 Å². The van der Waals surface area contributed by atoms with Gasteiger partial charge in [-0.05, 0) is 12.1 Å². The van der Waals surface area contributed by atoms with Crippen LogP contribution < -0.4 is 5.73 Å². The van der Waals surface area contributed by atoms with E-state index in [1.807, 2.05) is 35.9 Å². The summed E-state index contributed by atoms with van der Waals surface area (Å²) in [5.74, 6) is 1.29. The molecule has 0 bridgehead atoms. The Bertz CT molecular complexity index is 743. The van der Waals surface area contributed by atoms with Gasteiger partial charge in [0.2, 0.25) is 0 Å². The second-order valence-corrected chi connectivity index (χ2v) is 4.69. The van der Waals surface area contributed by atoms with Crippen LogP contribution in [0.15, 0.2) is 24.3 Å². The molecule has 104 valence electrons. The Labute approximate surface area is 116 Å². The van der Waals surface area contributed by atoms with Crippen LogP contribution in [-0.4, -0.2) is 33.5 Å². The first kappa shape index (κ1) is 12.7. The van der Waals surface area contributed by atoms with E-state index in [-0.39, 0.29) is 0 Å². The lowest BCUT2D eigenvalue weighted by Crippen LogP contribution is -2.01. The third kappa shape index (κ3) is 1.94. The first-order chi connectivity index (χ1) is 9.72. The minimum atomic E-state index is 0.467. The first-order valence-corrected chi connectivity index (χ1v) is 6.46. The number of hydrogen-bond donors (Lipinski definition) is 2. The molecule has 3 aromatic rings. The SMILES string of the molecule is COCCc1[nH]nc(N)c1-c1nc2ccccc2n1C. The van der Waals surface area contributed by atoms with E-state index >= 15 is 0 Å². The molecule has 1 aromatic carbocycles. The topological polar surface area (TPSA) is 81.8 Å². The van der Waals surface area contributed by atoms with Gasteiger partial charge in [0, 0.05) is 20.6 Å². The van der Waals surface area contributed by atoms with E-state index in [0.29, 0.717) is 12.4 Å². The van der Waals surface area contributed by atoms with Crippen molar-refractivity contribution >= 4 is 16.9 Å². The highest BCUT2D eigenvalue weighted by molar-refractivity contribution is 5.83. The third-order valence-electron chi connectivity index (χ3n) is 3.44. The number of nitrogens with one attached hydrogen (secondary N) is 1. The standard InChI is InChI=1S/C14H17N5O/c1-19-11-6-4-3-5-9(11)16-14(19)12-10(7-8-20-2)17-18-13(12)15/h3-6H,7-8H2,1-2H3,(H3,15,17,18). The van der Waals surface area contributed by atoms with Crippen LogP contribution in [0.1, 0.15) is 5.69 Å². The summed E-state index contributed by atoms with van der Waals surface area (Å²) in [6, 6.07) is 8.00. The zero-order chi connectivity index (χ0) is 14.1. The maximum absolute atomic E-state index is 6.00. The normalized spacial score (nSPS) is 11.3. The Morgan fingerprint density at radius 2 is 2.15 bits per heavy atom. The van der Waals surface area contributed by atoms with Crippen molar-refractivity contribution in [3.05, 3.63) is 30.0 Å². The summed E-state index contributed by atoms with van der Waals surface area (Å²) < 4.78 is 7.15. The number of anilines is 1. The maximum Gasteiger partial charge on any atom is 0.156 e. The van der Waals surface area contributed by atoms with Gasteiger partial charge in [-0.1, -0.05) is 12.1 Å². The van der Waals surface area contributed by atoms with Crippen molar-refractivity contribution < 1.29 is 4.74 Å². The monoisotopic (exact) mass is 271 g/mol. The van der Waals surface area contributed by atoms with E-state index in [2.05, 4.69) is 15.2 Å². The number of para-hydroxylation sites is 2. The molecule has 0 saturated carbocycles. The van der Waals surface area contributed by atoms with Crippen LogP contribution in [-0.2, 0) is 18.2 Å². The summed E-state index contributed by atoms with van der Waals surface area (Å²) in [5.41, 5.74) is 9.83. The van der Waals surface area contributed by atoms with Crippen LogP contribution in [0, 0.1) is 0 Å². The van der Waals surface area contributed by atoms with Crippen molar-refractivity contribution in [2.24, 2.45) is 7.05 Å². The number of benzene rings is 1. The van der Waals surface area contributed by atoms with Crippen LogP contribution in [0.5, 0.6) is 0 Å². The van der Waals surface area contributed by atoms with Crippen LogP contribution in [0.3, 0.4) is 0 Å². The smallest absolute Gasteiger partial charge is 0.156 e. The maximum atomic E-state index is 6.00. The number of hydrogen-bond acceptors (Lipinski definition) is 4. The molecule has 2 heterocycles. The fraction of sp³-hybridized carbons (Fsp3) is 0.286. The van der Waals surface area contributed by atoms with E-state index < -0.39 is 0 Å². The molecule has 3 N–H and O–H groups in total. The zero-order valence-electron chi connectivity index (χ0n) is 11.6. The van der Waals surface area contributed by atoms with E-state index in [9.17, 15) is 0 Å². The number of aryl methyl sites for hydroxylation is 1. The van der Waals surface area contributed by atoms with Gasteiger partial charge in [0.05, 0.1) is 28.9 Å². The van der Waals surface area contributed by atoms with Crippen LogP contribution in [0.2, 0.25) is 0 Å². The lowest BCUT2D eigenvalue weighted by molar-refractivity contribution is 0.201. The third-order valence-corrected chi connectivity index (χ3v) is 3.44. The van der Waals surface area contributed by atoms with Gasteiger partial charge in [0.15, 0.2) is 5.82 Å². The Morgan fingerprint density at radius 1 is 1.35 bits per heavy atom. The summed E-state index contributed by atoms with van der Waals surface area (Å²) in [6.45, 7) is 0.610. The zero-order valence-corrected chi connectivity index (χ0v) is 11.6. The lowest BCUT2D eigenvalue weighted by atomic mass is 10.1. The van der Waals surface area contributed by atoms with Gasteiger partial charge in [0.1, 0.15) is 5.82 Å². The summed E-state index contributed by atoms with van der Waals surface area (Å²) in [4.78, 5) is 4.67. The molecule has 0 saturated heterocycles. The van der Waals surface area contributed by atoms with Gasteiger partial charge >= 0.3 is 0 Å². The Hall–Kier alpha value is -2.34. The number of rotatable bonds is 4. The summed E-state index contributed by atoms with van der Waals surface area (Å²) in [7, 11) is 3.66. The predicted octanol–water partition coefficient (Wildman–Crippen LogP) is 1.73. The van der Waals surface area contributed by atoms with Crippen LogP contribution in [0.25, 0.3) is 22.4 Å². The Balaban J connectivity index is 2.15. The minimum absolute atomic E-state index is 0.467. The highest BCUT2D eigenvalue weighted by Gasteiger charge is 2.18. The van der Waals surface area contributed by atoms with Gasteiger partial charge in [-0.2, -0.15) is 5.10 Å². The Morgan fingerprint density at radius 3 is 2.90 bits per heavy atom. The van der Waals surface area contributed by atoms with Gasteiger partial charge in [-0.25, -0.2) is 4.98 Å². The van der Waals surface area contributed by atoms with Gasteiger partial charge in [-0.3, -0.25) is 5.10 Å². The largest absolute Gasteiger partial charge is 0.384 e. The van der Waals surface area contributed by atoms with Crippen molar-refractivity contribution in [1.82, 2.24) is 19.7 Å². The van der Waals surface area contributed by atoms with E-state index in [1.165, 1.54) is 0 Å². The van der Waals surface area contributed by atoms with E-state index in [0.717, 1.165) is 34.5 Å². The first-order valence-electron chi connectivity index (χ1n) is 6.46.